The molecule has 0 aliphatic carbocycles. The molecule has 68 valence electrons. The maximum atomic E-state index is 4.30. The molecule has 0 spiro atoms. The average Bonchev–Trinajstić information content (AvgIpc) is 2.46. The molecule has 0 bridgehead atoms. The van der Waals surface area contributed by atoms with Crippen molar-refractivity contribution in [3.63, 3.8) is 0 Å². The van der Waals surface area contributed by atoms with Gasteiger partial charge in [-0.15, -0.1) is 0 Å². The zero-order chi connectivity index (χ0) is 9.42. The van der Waals surface area contributed by atoms with Crippen molar-refractivity contribution in [2.75, 3.05) is 0 Å². The molecule has 2 aromatic heterocycles. The van der Waals surface area contributed by atoms with Crippen LogP contribution in [0, 0.1) is 6.92 Å². The van der Waals surface area contributed by atoms with Gasteiger partial charge in [0.2, 0.25) is 0 Å². The van der Waals surface area contributed by atoms with E-state index in [0.717, 1.165) is 22.5 Å². The van der Waals surface area contributed by atoms with Crippen molar-refractivity contribution in [2.45, 2.75) is 20.3 Å². The van der Waals surface area contributed by atoms with Crippen molar-refractivity contribution in [3.8, 4) is 0 Å². The van der Waals surface area contributed by atoms with Crippen LogP contribution in [-0.2, 0) is 6.42 Å². The first kappa shape index (κ1) is 8.69. The van der Waals surface area contributed by atoms with Crippen LogP contribution in [0.15, 0.2) is 16.7 Å². The summed E-state index contributed by atoms with van der Waals surface area (Å²) in [5, 5.41) is 4.25. The third-order valence-corrected chi connectivity index (χ3v) is 2.53. The second-order valence-corrected chi connectivity index (χ2v) is 3.78. The molecule has 0 atom stereocenters. The van der Waals surface area contributed by atoms with Crippen molar-refractivity contribution in [1.29, 1.82) is 0 Å². The molecule has 0 saturated heterocycles. The molecule has 0 N–H and O–H groups in total. The van der Waals surface area contributed by atoms with Gasteiger partial charge in [0.05, 0.1) is 0 Å². The lowest BCUT2D eigenvalue weighted by Crippen LogP contribution is -1.92. The third-order valence-electron chi connectivity index (χ3n) is 1.97. The maximum absolute atomic E-state index is 4.30. The molecule has 0 aromatic carbocycles. The zero-order valence-corrected chi connectivity index (χ0v) is 9.17. The smallest absolute Gasteiger partial charge is 0.157 e. The highest BCUT2D eigenvalue weighted by atomic mass is 79.9. The summed E-state index contributed by atoms with van der Waals surface area (Å²) in [7, 11) is 0. The number of nitrogens with zero attached hydrogens (tertiary/aromatic N) is 3. The van der Waals surface area contributed by atoms with Crippen LogP contribution in [0.1, 0.15) is 18.3 Å². The van der Waals surface area contributed by atoms with Gasteiger partial charge in [0.15, 0.2) is 5.65 Å². The number of aromatic nitrogens is 3. The number of hydrogen-bond donors (Lipinski definition) is 0. The Labute approximate surface area is 84.9 Å². The Balaban J connectivity index is 2.75. The lowest BCUT2D eigenvalue weighted by atomic mass is 10.2. The summed E-state index contributed by atoms with van der Waals surface area (Å²) in [6.07, 6.45) is 1.01. The Morgan fingerprint density at radius 3 is 2.92 bits per heavy atom. The van der Waals surface area contributed by atoms with Gasteiger partial charge in [-0.25, -0.2) is 9.50 Å². The Morgan fingerprint density at radius 1 is 1.46 bits per heavy atom. The third kappa shape index (κ3) is 1.46. The number of pyridine rings is 1. The normalized spacial score (nSPS) is 11.0. The van der Waals surface area contributed by atoms with Gasteiger partial charge >= 0.3 is 0 Å². The number of hydrogen-bond acceptors (Lipinski definition) is 2. The molecular weight excluding hydrogens is 230 g/mol. The van der Waals surface area contributed by atoms with Gasteiger partial charge in [0.1, 0.15) is 10.4 Å². The van der Waals surface area contributed by atoms with E-state index in [-0.39, 0.29) is 0 Å². The monoisotopic (exact) mass is 239 g/mol. The Bertz CT molecular complexity index is 447. The van der Waals surface area contributed by atoms with Crippen molar-refractivity contribution < 1.29 is 0 Å². The van der Waals surface area contributed by atoms with E-state index in [1.54, 1.807) is 4.52 Å². The number of fused-ring (bicyclic) bond motifs is 1. The molecule has 2 aromatic rings. The van der Waals surface area contributed by atoms with Crippen LogP contribution >= 0.6 is 15.9 Å². The first-order chi connectivity index (χ1) is 6.20. The minimum Gasteiger partial charge on any atom is -0.212 e. The predicted octanol–water partition coefficient (Wildman–Crippen LogP) is 2.36. The molecule has 0 saturated carbocycles. The number of rotatable bonds is 1. The van der Waals surface area contributed by atoms with Crippen molar-refractivity contribution in [2.24, 2.45) is 0 Å². The Kier molecular flexibility index (Phi) is 2.07. The molecule has 0 radical (unpaired) electrons. The molecule has 13 heavy (non-hydrogen) atoms. The molecule has 0 fully saturated rings. The minimum absolute atomic E-state index is 0.800. The SMILES string of the molecule is CCc1cc(Br)n2nc(C)nc2c1. The lowest BCUT2D eigenvalue weighted by molar-refractivity contribution is 0.902. The van der Waals surface area contributed by atoms with Crippen LogP contribution in [0.25, 0.3) is 5.65 Å². The van der Waals surface area contributed by atoms with Gasteiger partial charge < -0.3 is 0 Å². The summed E-state index contributed by atoms with van der Waals surface area (Å²) in [5.41, 5.74) is 2.18. The second-order valence-electron chi connectivity index (χ2n) is 2.97. The van der Waals surface area contributed by atoms with Crippen LogP contribution in [0.4, 0.5) is 0 Å². The van der Waals surface area contributed by atoms with E-state index >= 15 is 0 Å². The quantitative estimate of drug-likeness (QED) is 0.716. The van der Waals surface area contributed by atoms with Gasteiger partial charge in [0, 0.05) is 0 Å². The summed E-state index contributed by atoms with van der Waals surface area (Å²) in [6, 6.07) is 4.13. The topological polar surface area (TPSA) is 30.2 Å². The second kappa shape index (κ2) is 3.10. The predicted molar refractivity (Wildman–Crippen MR) is 54.8 cm³/mol. The van der Waals surface area contributed by atoms with Gasteiger partial charge in [-0.1, -0.05) is 6.92 Å². The maximum Gasteiger partial charge on any atom is 0.157 e. The number of aryl methyl sites for hydroxylation is 2. The van der Waals surface area contributed by atoms with E-state index in [2.05, 4.69) is 45.1 Å². The summed E-state index contributed by atoms with van der Waals surface area (Å²) < 4.78 is 2.76. The zero-order valence-electron chi connectivity index (χ0n) is 7.58. The Hall–Kier alpha value is -0.900. The standard InChI is InChI=1S/C9H10BrN3/c1-3-7-4-8(10)13-9(5-7)11-6(2)12-13/h4-5H,3H2,1-2H3. The van der Waals surface area contributed by atoms with E-state index in [1.165, 1.54) is 5.56 Å². The molecule has 0 amide bonds. The fraction of sp³-hybridized carbons (Fsp3) is 0.333. The molecule has 2 rings (SSSR count). The van der Waals surface area contributed by atoms with Crippen molar-refractivity contribution >= 4 is 21.6 Å². The van der Waals surface area contributed by atoms with E-state index < -0.39 is 0 Å². The van der Waals surface area contributed by atoms with Crippen LogP contribution in [0.5, 0.6) is 0 Å². The first-order valence-corrected chi connectivity index (χ1v) is 5.02. The van der Waals surface area contributed by atoms with E-state index in [9.17, 15) is 0 Å². The molecule has 0 unspecified atom stereocenters. The molecule has 4 heteroatoms. The summed E-state index contributed by atoms with van der Waals surface area (Å²) >= 11 is 3.46. The molecule has 0 aliphatic heterocycles. The summed E-state index contributed by atoms with van der Waals surface area (Å²) in [6.45, 7) is 4.02. The highest BCUT2D eigenvalue weighted by molar-refractivity contribution is 9.10. The lowest BCUT2D eigenvalue weighted by Gasteiger charge is -1.99. The fourth-order valence-electron chi connectivity index (χ4n) is 1.31. The van der Waals surface area contributed by atoms with Crippen LogP contribution in [0.2, 0.25) is 0 Å². The molecule has 0 aliphatic rings. The van der Waals surface area contributed by atoms with Gasteiger partial charge in [-0.3, -0.25) is 0 Å². The van der Waals surface area contributed by atoms with E-state index in [1.807, 2.05) is 6.92 Å². The fourth-order valence-corrected chi connectivity index (χ4v) is 1.86. The first-order valence-electron chi connectivity index (χ1n) is 4.22. The summed E-state index contributed by atoms with van der Waals surface area (Å²) in [4.78, 5) is 4.30. The number of halogens is 1. The molecular formula is C9H10BrN3. The minimum atomic E-state index is 0.800. The van der Waals surface area contributed by atoms with Crippen molar-refractivity contribution in [1.82, 2.24) is 14.6 Å². The average molecular weight is 240 g/mol. The van der Waals surface area contributed by atoms with Gasteiger partial charge in [-0.2, -0.15) is 5.10 Å². The molecule has 3 nitrogen and oxygen atoms in total. The van der Waals surface area contributed by atoms with Gasteiger partial charge in [-0.05, 0) is 47.0 Å². The van der Waals surface area contributed by atoms with Crippen LogP contribution in [0.3, 0.4) is 0 Å². The van der Waals surface area contributed by atoms with E-state index in [0.29, 0.717) is 0 Å². The molecule has 2 heterocycles. The largest absolute Gasteiger partial charge is 0.212 e. The van der Waals surface area contributed by atoms with Gasteiger partial charge in [0.25, 0.3) is 0 Å². The van der Waals surface area contributed by atoms with E-state index in [4.69, 9.17) is 0 Å². The highest BCUT2D eigenvalue weighted by Gasteiger charge is 2.04. The highest BCUT2D eigenvalue weighted by Crippen LogP contribution is 2.15. The van der Waals surface area contributed by atoms with Crippen LogP contribution < -0.4 is 0 Å². The summed E-state index contributed by atoms with van der Waals surface area (Å²) in [5.74, 6) is 0.800. The Morgan fingerprint density at radius 2 is 2.23 bits per heavy atom. The van der Waals surface area contributed by atoms with Crippen molar-refractivity contribution in [3.05, 3.63) is 28.1 Å². The van der Waals surface area contributed by atoms with Crippen LogP contribution in [-0.4, -0.2) is 14.6 Å².